The van der Waals surface area contributed by atoms with Gasteiger partial charge in [-0.3, -0.25) is 0 Å². The predicted molar refractivity (Wildman–Crippen MR) is 92.5 cm³/mol. The van der Waals surface area contributed by atoms with Gasteiger partial charge in [-0.15, -0.1) is 10.2 Å². The van der Waals surface area contributed by atoms with E-state index in [2.05, 4.69) is 28.9 Å². The summed E-state index contributed by atoms with van der Waals surface area (Å²) in [5.41, 5.74) is 0. The number of hydrogen-bond acceptors (Lipinski definition) is 4. The van der Waals surface area contributed by atoms with E-state index >= 15 is 0 Å². The molecule has 1 heterocycles. The number of halogens is 1. The molecule has 1 aromatic carbocycles. The number of aromatic nitrogens is 3. The van der Waals surface area contributed by atoms with Crippen LogP contribution in [0.3, 0.4) is 0 Å². The second kappa shape index (κ2) is 7.55. The highest BCUT2D eigenvalue weighted by Crippen LogP contribution is 2.39. The third-order valence-electron chi connectivity index (χ3n) is 3.67. The van der Waals surface area contributed by atoms with E-state index in [4.69, 9.17) is 16.3 Å². The van der Waals surface area contributed by atoms with Gasteiger partial charge in [-0.05, 0) is 25.0 Å². The zero-order valence-corrected chi connectivity index (χ0v) is 15.0. The third kappa shape index (κ3) is 4.40. The van der Waals surface area contributed by atoms with Crippen molar-refractivity contribution in [3.63, 3.8) is 0 Å². The fraction of sp³-hybridized carbons (Fsp3) is 0.500. The number of thioether (sulfide) groups is 1. The topological polar surface area (TPSA) is 44.4 Å². The van der Waals surface area contributed by atoms with Gasteiger partial charge in [-0.25, -0.2) is 0 Å². The minimum atomic E-state index is 0.396. The smallest absolute Gasteiger partial charge is 0.191 e. The van der Waals surface area contributed by atoms with Crippen molar-refractivity contribution in [2.45, 2.75) is 30.6 Å². The first-order valence-electron chi connectivity index (χ1n) is 7.88. The van der Waals surface area contributed by atoms with Crippen LogP contribution in [0.15, 0.2) is 29.4 Å². The standard InChI is InChI=1S/C16H21ClN4OS/c1-20(2)9-10-23-16-19-18-15(21(16)12-7-8-12)11-22-14-6-4-3-5-13(14)17/h3-6,12H,7-11H2,1-2H3/p+1. The Morgan fingerprint density at radius 3 is 2.78 bits per heavy atom. The molecule has 0 amide bonds. The van der Waals surface area contributed by atoms with Crippen molar-refractivity contribution >= 4 is 23.4 Å². The second-order valence-electron chi connectivity index (χ2n) is 6.02. The van der Waals surface area contributed by atoms with E-state index in [0.717, 1.165) is 23.3 Å². The van der Waals surface area contributed by atoms with E-state index in [1.54, 1.807) is 11.8 Å². The van der Waals surface area contributed by atoms with E-state index < -0.39 is 0 Å². The molecular weight excluding hydrogens is 332 g/mol. The molecule has 0 saturated heterocycles. The van der Waals surface area contributed by atoms with Gasteiger partial charge in [0.25, 0.3) is 0 Å². The Balaban J connectivity index is 1.67. The highest BCUT2D eigenvalue weighted by molar-refractivity contribution is 7.99. The van der Waals surface area contributed by atoms with Gasteiger partial charge in [-0.1, -0.05) is 35.5 Å². The summed E-state index contributed by atoms with van der Waals surface area (Å²) in [6.45, 7) is 1.50. The Labute approximate surface area is 146 Å². The highest BCUT2D eigenvalue weighted by atomic mass is 35.5. The fourth-order valence-electron chi connectivity index (χ4n) is 2.25. The van der Waals surface area contributed by atoms with Crippen LogP contribution in [-0.4, -0.2) is 41.2 Å². The van der Waals surface area contributed by atoms with Gasteiger partial charge in [0.05, 0.1) is 31.4 Å². The summed E-state index contributed by atoms with van der Waals surface area (Å²) in [5, 5.41) is 10.3. The molecule has 5 nitrogen and oxygen atoms in total. The lowest BCUT2D eigenvalue weighted by Gasteiger charge is -2.11. The molecule has 0 radical (unpaired) electrons. The van der Waals surface area contributed by atoms with Crippen LogP contribution < -0.4 is 9.64 Å². The first-order valence-corrected chi connectivity index (χ1v) is 9.24. The molecule has 0 unspecified atom stereocenters. The summed E-state index contributed by atoms with van der Waals surface area (Å²) in [7, 11) is 4.32. The van der Waals surface area contributed by atoms with Crippen LogP contribution in [0, 0.1) is 0 Å². The summed E-state index contributed by atoms with van der Waals surface area (Å²) in [6.07, 6.45) is 2.40. The lowest BCUT2D eigenvalue weighted by atomic mass is 10.3. The van der Waals surface area contributed by atoms with Gasteiger partial charge >= 0.3 is 0 Å². The van der Waals surface area contributed by atoms with E-state index in [1.165, 1.54) is 17.7 Å². The van der Waals surface area contributed by atoms with E-state index in [1.807, 2.05) is 24.3 Å². The Morgan fingerprint density at radius 2 is 2.09 bits per heavy atom. The van der Waals surface area contributed by atoms with Crippen molar-refractivity contribution in [2.75, 3.05) is 26.4 Å². The molecule has 1 aliphatic rings. The van der Waals surface area contributed by atoms with Crippen molar-refractivity contribution in [3.05, 3.63) is 35.1 Å². The molecule has 1 fully saturated rings. The van der Waals surface area contributed by atoms with E-state index in [9.17, 15) is 0 Å². The van der Waals surface area contributed by atoms with Gasteiger partial charge in [0.1, 0.15) is 12.4 Å². The number of hydrogen-bond donors (Lipinski definition) is 1. The Morgan fingerprint density at radius 1 is 1.30 bits per heavy atom. The van der Waals surface area contributed by atoms with Crippen molar-refractivity contribution in [1.82, 2.24) is 14.8 Å². The highest BCUT2D eigenvalue weighted by Gasteiger charge is 2.29. The zero-order chi connectivity index (χ0) is 16.2. The van der Waals surface area contributed by atoms with Crippen LogP contribution in [-0.2, 0) is 6.61 Å². The molecule has 3 rings (SSSR count). The average molecular weight is 354 g/mol. The van der Waals surface area contributed by atoms with Gasteiger partial charge in [-0.2, -0.15) is 0 Å². The summed E-state index contributed by atoms with van der Waals surface area (Å²) in [6, 6.07) is 8.04. The molecule has 1 N–H and O–H groups in total. The molecule has 0 aliphatic heterocycles. The molecule has 7 heteroatoms. The van der Waals surface area contributed by atoms with Crippen LogP contribution in [0.1, 0.15) is 24.7 Å². The first kappa shape index (κ1) is 16.6. The monoisotopic (exact) mass is 353 g/mol. The predicted octanol–water partition coefficient (Wildman–Crippen LogP) is 2.08. The zero-order valence-electron chi connectivity index (χ0n) is 13.5. The van der Waals surface area contributed by atoms with Gasteiger partial charge in [0, 0.05) is 6.04 Å². The Bertz CT molecular complexity index is 657. The van der Waals surface area contributed by atoms with Crippen molar-refractivity contribution in [1.29, 1.82) is 0 Å². The molecular formula is C16H22ClN4OS+. The van der Waals surface area contributed by atoms with Crippen LogP contribution >= 0.6 is 23.4 Å². The Hall–Kier alpha value is -1.24. The molecule has 1 aliphatic carbocycles. The van der Waals surface area contributed by atoms with E-state index in [0.29, 0.717) is 23.4 Å². The fourth-order valence-corrected chi connectivity index (χ4v) is 3.63. The maximum absolute atomic E-state index is 6.13. The number of ether oxygens (including phenoxy) is 1. The lowest BCUT2D eigenvalue weighted by molar-refractivity contribution is -0.855. The molecule has 124 valence electrons. The minimum absolute atomic E-state index is 0.396. The summed E-state index contributed by atoms with van der Waals surface area (Å²) >= 11 is 7.91. The van der Waals surface area contributed by atoms with Crippen molar-refractivity contribution in [2.24, 2.45) is 0 Å². The Kier molecular flexibility index (Phi) is 5.46. The number of nitrogens with zero attached hydrogens (tertiary/aromatic N) is 3. The molecule has 1 aromatic heterocycles. The van der Waals surface area contributed by atoms with E-state index in [-0.39, 0.29) is 0 Å². The van der Waals surface area contributed by atoms with Gasteiger partial charge < -0.3 is 14.2 Å². The normalized spacial score (nSPS) is 14.4. The molecule has 0 atom stereocenters. The summed E-state index contributed by atoms with van der Waals surface area (Å²) in [4.78, 5) is 1.44. The largest absolute Gasteiger partial charge is 0.484 e. The SMILES string of the molecule is C[NH+](C)CCSc1nnc(COc2ccccc2Cl)n1C1CC1. The maximum atomic E-state index is 6.13. The number of benzene rings is 1. The second-order valence-corrected chi connectivity index (χ2v) is 7.49. The van der Waals surface area contributed by atoms with Crippen LogP contribution in [0.2, 0.25) is 5.02 Å². The van der Waals surface area contributed by atoms with Crippen LogP contribution in [0.25, 0.3) is 0 Å². The van der Waals surface area contributed by atoms with Gasteiger partial charge in [0.15, 0.2) is 11.0 Å². The number of rotatable bonds is 8. The quantitative estimate of drug-likeness (QED) is 0.738. The number of para-hydroxylation sites is 1. The molecule has 2 aromatic rings. The summed E-state index contributed by atoms with van der Waals surface area (Å²) < 4.78 is 8.07. The first-order chi connectivity index (χ1) is 11.1. The minimum Gasteiger partial charge on any atom is -0.484 e. The average Bonchev–Trinajstić information content (AvgIpc) is 3.28. The third-order valence-corrected chi connectivity index (χ3v) is 4.93. The number of nitrogens with one attached hydrogen (secondary N) is 1. The van der Waals surface area contributed by atoms with Crippen molar-refractivity contribution in [3.8, 4) is 5.75 Å². The van der Waals surface area contributed by atoms with Crippen LogP contribution in [0.4, 0.5) is 0 Å². The molecule has 23 heavy (non-hydrogen) atoms. The van der Waals surface area contributed by atoms with Crippen molar-refractivity contribution < 1.29 is 9.64 Å². The molecule has 0 bridgehead atoms. The summed E-state index contributed by atoms with van der Waals surface area (Å²) in [5.74, 6) is 2.61. The van der Waals surface area contributed by atoms with Gasteiger partial charge in [0.2, 0.25) is 0 Å². The maximum Gasteiger partial charge on any atom is 0.191 e. The molecule has 1 saturated carbocycles. The molecule has 0 spiro atoms. The van der Waals surface area contributed by atoms with Crippen LogP contribution in [0.5, 0.6) is 5.75 Å². The number of quaternary nitrogens is 1. The lowest BCUT2D eigenvalue weighted by Crippen LogP contribution is -3.06.